The zero-order valence-electron chi connectivity index (χ0n) is 7.28. The Bertz CT molecular complexity index is 371. The van der Waals surface area contributed by atoms with E-state index in [-0.39, 0.29) is 5.91 Å². The van der Waals surface area contributed by atoms with Gasteiger partial charge in [-0.1, -0.05) is 0 Å². The van der Waals surface area contributed by atoms with Gasteiger partial charge < -0.3 is 5.32 Å². The molecule has 0 heterocycles. The van der Waals surface area contributed by atoms with Gasteiger partial charge in [0.2, 0.25) is 5.91 Å². The van der Waals surface area contributed by atoms with Crippen LogP contribution in [0.15, 0.2) is 29.2 Å². The van der Waals surface area contributed by atoms with Crippen molar-refractivity contribution in [3.05, 3.63) is 24.3 Å². The normalized spacial score (nSPS) is 12.1. The van der Waals surface area contributed by atoms with Crippen LogP contribution < -0.4 is 5.32 Å². The summed E-state index contributed by atoms with van der Waals surface area (Å²) in [6.07, 6.45) is 0. The highest BCUT2D eigenvalue weighted by Crippen LogP contribution is 2.09. The Labute approximate surface area is 78.8 Å². The van der Waals surface area contributed by atoms with Crippen molar-refractivity contribution in [2.24, 2.45) is 0 Å². The number of carbonyl (C=O) groups is 1. The summed E-state index contributed by atoms with van der Waals surface area (Å²) in [6, 6.07) is 6.79. The van der Waals surface area contributed by atoms with Crippen molar-refractivity contribution < 1.29 is 9.00 Å². The van der Waals surface area contributed by atoms with E-state index in [2.05, 4.69) is 11.2 Å². The molecular weight excluding hydrogens is 186 g/mol. The zero-order chi connectivity index (χ0) is 9.84. The smallest absolute Gasteiger partial charge is 0.221 e. The van der Waals surface area contributed by atoms with Gasteiger partial charge in [-0.15, -0.1) is 0 Å². The van der Waals surface area contributed by atoms with E-state index in [4.69, 9.17) is 0 Å². The molecule has 0 aromatic heterocycles. The van der Waals surface area contributed by atoms with Crippen LogP contribution in [0.3, 0.4) is 0 Å². The third-order valence-electron chi connectivity index (χ3n) is 1.48. The maximum atomic E-state index is 10.9. The second-order valence-corrected chi connectivity index (χ2v) is 3.88. The molecule has 0 aliphatic carbocycles. The molecule has 1 rings (SSSR count). The molecule has 1 unspecified atom stereocenters. The summed E-state index contributed by atoms with van der Waals surface area (Å²) in [5, 5.41) is 2.62. The number of nitrogens with one attached hydrogen (secondary N) is 1. The molecule has 1 N–H and O–H groups in total. The zero-order valence-corrected chi connectivity index (χ0v) is 8.17. The average molecular weight is 197 g/mol. The van der Waals surface area contributed by atoms with Crippen LogP contribution in [0.4, 0.5) is 5.69 Å². The Morgan fingerprint density at radius 3 is 2.31 bits per heavy atom. The van der Waals surface area contributed by atoms with Crippen LogP contribution in [-0.2, 0) is 15.2 Å². The Kier molecular flexibility index (Phi) is 3.08. The van der Waals surface area contributed by atoms with Gasteiger partial charge in [-0.2, -0.15) is 0 Å². The fraction of sp³-hybridized carbons (Fsp3) is 0.111. The number of hydrogen-bond donors (Lipinski definition) is 2. The van der Waals surface area contributed by atoms with Crippen LogP contribution in [0.2, 0.25) is 0 Å². The summed E-state index contributed by atoms with van der Waals surface area (Å²) < 4.78 is 10.9. The van der Waals surface area contributed by atoms with E-state index in [1.54, 1.807) is 24.3 Å². The molecule has 70 valence electrons. The first-order valence-electron chi connectivity index (χ1n) is 3.75. The number of amides is 1. The monoisotopic (exact) mass is 197 g/mol. The molecule has 3 nitrogen and oxygen atoms in total. The first kappa shape index (κ1) is 9.80. The lowest BCUT2D eigenvalue weighted by Gasteiger charge is -2.01. The van der Waals surface area contributed by atoms with E-state index >= 15 is 0 Å². The minimum absolute atomic E-state index is 0.119. The van der Waals surface area contributed by atoms with Gasteiger partial charge >= 0.3 is 0 Å². The lowest BCUT2D eigenvalue weighted by molar-refractivity contribution is -0.114. The lowest BCUT2D eigenvalue weighted by Crippen LogP contribution is -2.05. The fourth-order valence-corrected chi connectivity index (χ4v) is 1.40. The van der Waals surface area contributed by atoms with Crippen molar-refractivity contribution in [2.45, 2.75) is 11.8 Å². The summed E-state index contributed by atoms with van der Waals surface area (Å²) in [5.41, 5.74) is 0.702. The largest absolute Gasteiger partial charge is 0.326 e. The predicted molar refractivity (Wildman–Crippen MR) is 55.7 cm³/mol. The van der Waals surface area contributed by atoms with E-state index in [0.717, 1.165) is 0 Å². The van der Waals surface area contributed by atoms with Gasteiger partial charge in [-0.05, 0) is 40.5 Å². The van der Waals surface area contributed by atoms with Crippen LogP contribution in [0, 0.1) is 0 Å². The third-order valence-corrected chi connectivity index (χ3v) is 2.35. The Hall–Kier alpha value is -1.29. The van der Waals surface area contributed by atoms with Crippen molar-refractivity contribution >= 4 is 27.9 Å². The van der Waals surface area contributed by atoms with Gasteiger partial charge in [-0.3, -0.25) is 9.00 Å². The second-order valence-electron chi connectivity index (χ2n) is 2.61. The number of thiol groups is 1. The first-order chi connectivity index (χ1) is 6.09. The molecule has 0 saturated carbocycles. The molecule has 0 saturated heterocycles. The number of benzene rings is 1. The maximum absolute atomic E-state index is 10.9. The van der Waals surface area contributed by atoms with Crippen molar-refractivity contribution in [3.8, 4) is 0 Å². The van der Waals surface area contributed by atoms with E-state index in [1.165, 1.54) is 6.92 Å². The molecule has 4 heteroatoms. The lowest BCUT2D eigenvalue weighted by atomic mass is 10.3. The number of anilines is 1. The number of carbonyl (C=O) groups excluding carboxylic acids is 1. The Morgan fingerprint density at radius 1 is 1.38 bits per heavy atom. The van der Waals surface area contributed by atoms with Gasteiger partial charge in [0.15, 0.2) is 0 Å². The van der Waals surface area contributed by atoms with Crippen LogP contribution >= 0.6 is 0 Å². The number of rotatable bonds is 2. The minimum atomic E-state index is -1.54. The van der Waals surface area contributed by atoms with Crippen LogP contribution in [0.25, 0.3) is 0 Å². The van der Waals surface area contributed by atoms with Gasteiger partial charge in [0.05, 0.1) is 0 Å². The van der Waals surface area contributed by atoms with Crippen molar-refractivity contribution in [1.82, 2.24) is 0 Å². The predicted octanol–water partition coefficient (Wildman–Crippen LogP) is 0.917. The quantitative estimate of drug-likeness (QED) is 0.547. The first-order valence-corrected chi connectivity index (χ1v) is 5.19. The summed E-state index contributed by atoms with van der Waals surface area (Å²) in [5.74, 6) is 3.30. The van der Waals surface area contributed by atoms with Gasteiger partial charge in [-0.25, -0.2) is 0 Å². The summed E-state index contributed by atoms with van der Waals surface area (Å²) in [4.78, 5) is 11.3. The molecule has 1 aromatic carbocycles. The molecule has 0 aliphatic rings. The molecule has 0 aliphatic heterocycles. The average Bonchev–Trinajstić information content (AvgIpc) is 2.04. The summed E-state index contributed by atoms with van der Waals surface area (Å²) >= 11 is 0. The highest BCUT2D eigenvalue weighted by Gasteiger charge is 1.94. The standard InChI is InChI=1S/C9H11NO2S/c1-7(11)10-8-3-5-9(6-4-8)13(2)12/h3-6,13H,2H2,1H3,(H,10,11). The SMILES string of the molecule is C=[SH](=O)c1ccc(NC(C)=O)cc1. The summed E-state index contributed by atoms with van der Waals surface area (Å²) in [7, 11) is -1.54. The summed E-state index contributed by atoms with van der Waals surface area (Å²) in [6.45, 7) is 1.44. The van der Waals surface area contributed by atoms with Crippen LogP contribution in [0.1, 0.15) is 6.92 Å². The third kappa shape index (κ3) is 2.91. The maximum Gasteiger partial charge on any atom is 0.221 e. The molecule has 0 fully saturated rings. The van der Waals surface area contributed by atoms with Crippen LogP contribution in [-0.4, -0.2) is 16.0 Å². The van der Waals surface area contributed by atoms with Crippen LogP contribution in [0.5, 0.6) is 0 Å². The Balaban J connectivity index is 2.87. The molecule has 1 aromatic rings. The van der Waals surface area contributed by atoms with Gasteiger partial charge in [0, 0.05) is 17.5 Å². The van der Waals surface area contributed by atoms with E-state index < -0.39 is 10.4 Å². The Morgan fingerprint density at radius 2 is 1.92 bits per heavy atom. The molecule has 0 radical (unpaired) electrons. The van der Waals surface area contributed by atoms with E-state index in [1.807, 2.05) is 0 Å². The van der Waals surface area contributed by atoms with Crippen molar-refractivity contribution in [1.29, 1.82) is 0 Å². The highest BCUT2D eigenvalue weighted by atomic mass is 32.2. The molecular formula is C9H11NO2S. The number of hydrogen-bond acceptors (Lipinski definition) is 2. The molecule has 13 heavy (non-hydrogen) atoms. The molecule has 1 amide bonds. The van der Waals surface area contributed by atoms with E-state index in [0.29, 0.717) is 10.6 Å². The van der Waals surface area contributed by atoms with Gasteiger partial charge in [0.1, 0.15) is 0 Å². The topological polar surface area (TPSA) is 46.2 Å². The van der Waals surface area contributed by atoms with Crippen molar-refractivity contribution in [2.75, 3.05) is 5.32 Å². The highest BCUT2D eigenvalue weighted by molar-refractivity contribution is 7.82. The molecule has 1 atom stereocenters. The van der Waals surface area contributed by atoms with Crippen molar-refractivity contribution in [3.63, 3.8) is 0 Å². The minimum Gasteiger partial charge on any atom is -0.326 e. The van der Waals surface area contributed by atoms with Gasteiger partial charge in [0.25, 0.3) is 0 Å². The van der Waals surface area contributed by atoms with E-state index in [9.17, 15) is 9.00 Å². The fourth-order valence-electron chi connectivity index (χ4n) is 0.914. The second kappa shape index (κ2) is 4.09. The molecule has 0 spiro atoms. The molecule has 0 bridgehead atoms.